The van der Waals surface area contributed by atoms with Crippen molar-refractivity contribution in [1.29, 1.82) is 0 Å². The molecule has 5 aliphatic rings. The third-order valence-corrected chi connectivity index (χ3v) is 10.5. The molecule has 6 nitrogen and oxygen atoms in total. The lowest BCUT2D eigenvalue weighted by Gasteiger charge is -2.57. The molecule has 1 heterocycles. The first-order valence-electron chi connectivity index (χ1n) is 14.0. The van der Waals surface area contributed by atoms with Gasteiger partial charge in [0.1, 0.15) is 6.54 Å². The van der Waals surface area contributed by atoms with E-state index in [1.807, 2.05) is 24.3 Å². The summed E-state index contributed by atoms with van der Waals surface area (Å²) in [6.07, 6.45) is 11.7. The summed E-state index contributed by atoms with van der Waals surface area (Å²) in [6, 6.07) is 16.3. The largest absolute Gasteiger partial charge is 0.372 e. The smallest absolute Gasteiger partial charge is 0.241 e. The molecule has 2 aromatic carbocycles. The van der Waals surface area contributed by atoms with E-state index in [0.717, 1.165) is 36.4 Å². The molecular weight excluding hydrogens is 482 g/mol. The van der Waals surface area contributed by atoms with Crippen LogP contribution in [-0.2, 0) is 26.8 Å². The van der Waals surface area contributed by atoms with Crippen LogP contribution < -0.4 is 14.5 Å². The molecule has 2 aromatic rings. The number of carbonyl (C=O) groups is 1. The van der Waals surface area contributed by atoms with E-state index < -0.39 is 10.0 Å². The minimum absolute atomic E-state index is 0.221. The van der Waals surface area contributed by atoms with E-state index in [9.17, 15) is 13.2 Å². The van der Waals surface area contributed by atoms with Crippen molar-refractivity contribution in [2.24, 2.45) is 17.8 Å². The van der Waals surface area contributed by atoms with Crippen LogP contribution in [0.25, 0.3) is 0 Å². The topological polar surface area (TPSA) is 69.7 Å². The molecule has 1 saturated heterocycles. The van der Waals surface area contributed by atoms with E-state index in [1.165, 1.54) is 73.2 Å². The number of carbonyl (C=O) groups excluding carboxylic acids is 1. The van der Waals surface area contributed by atoms with Crippen molar-refractivity contribution in [2.45, 2.75) is 63.3 Å². The third kappa shape index (κ3) is 5.12. The van der Waals surface area contributed by atoms with Crippen LogP contribution in [0.15, 0.2) is 48.5 Å². The molecule has 1 aliphatic heterocycles. The number of hydrogen-bond acceptors (Lipinski definition) is 4. The molecule has 4 aliphatic carbocycles. The standard InChI is InChI=1S/C30H39N3O3S/c1-37(35,36)33(21-29(34)31-20-22-4-8-27(9-5-22)32-12-2-3-13-32)28-10-6-26(7-11-28)30-17-23-14-24(18-30)16-25(15-23)19-30/h4-11,23-25H,2-3,12-21H2,1H3,(H,31,34). The fourth-order valence-electron chi connectivity index (χ4n) is 8.03. The second kappa shape index (κ2) is 9.64. The fourth-order valence-corrected chi connectivity index (χ4v) is 8.89. The predicted molar refractivity (Wildman–Crippen MR) is 148 cm³/mol. The van der Waals surface area contributed by atoms with Crippen LogP contribution in [0.1, 0.15) is 62.5 Å². The first-order valence-corrected chi connectivity index (χ1v) is 15.8. The van der Waals surface area contributed by atoms with Crippen LogP contribution in [-0.4, -0.2) is 40.2 Å². The second-order valence-corrected chi connectivity index (χ2v) is 14.1. The van der Waals surface area contributed by atoms with Gasteiger partial charge in [0.25, 0.3) is 0 Å². The molecule has 198 valence electrons. The third-order valence-electron chi connectivity index (χ3n) is 9.39. The van der Waals surface area contributed by atoms with Crippen LogP contribution in [0.5, 0.6) is 0 Å². The molecule has 7 rings (SSSR count). The Hall–Kier alpha value is -2.54. The van der Waals surface area contributed by atoms with Crippen molar-refractivity contribution in [3.05, 3.63) is 59.7 Å². The van der Waals surface area contributed by atoms with Crippen molar-refractivity contribution in [1.82, 2.24) is 5.32 Å². The molecule has 1 N–H and O–H groups in total. The SMILES string of the molecule is CS(=O)(=O)N(CC(=O)NCc1ccc(N2CCCC2)cc1)c1ccc(C23CC4CC(CC(C4)C2)C3)cc1. The highest BCUT2D eigenvalue weighted by molar-refractivity contribution is 7.92. The Morgan fingerprint density at radius 3 is 2.03 bits per heavy atom. The molecule has 4 saturated carbocycles. The first-order chi connectivity index (χ1) is 17.8. The molecule has 4 bridgehead atoms. The Kier molecular flexibility index (Phi) is 6.46. The van der Waals surface area contributed by atoms with Gasteiger partial charge in [0.2, 0.25) is 15.9 Å². The molecule has 0 atom stereocenters. The van der Waals surface area contributed by atoms with Gasteiger partial charge in [-0.2, -0.15) is 0 Å². The number of rotatable bonds is 8. The number of nitrogens with one attached hydrogen (secondary N) is 1. The lowest BCUT2D eigenvalue weighted by Crippen LogP contribution is -2.48. The van der Waals surface area contributed by atoms with Crippen molar-refractivity contribution >= 4 is 27.3 Å². The van der Waals surface area contributed by atoms with Crippen LogP contribution in [0.4, 0.5) is 11.4 Å². The Labute approximate surface area is 221 Å². The molecule has 7 heteroatoms. The maximum Gasteiger partial charge on any atom is 0.241 e. The summed E-state index contributed by atoms with van der Waals surface area (Å²) in [7, 11) is -3.60. The van der Waals surface area contributed by atoms with Gasteiger partial charge in [-0.25, -0.2) is 8.42 Å². The lowest BCUT2D eigenvalue weighted by atomic mass is 9.48. The van der Waals surface area contributed by atoms with E-state index >= 15 is 0 Å². The van der Waals surface area contributed by atoms with Crippen molar-refractivity contribution in [2.75, 3.05) is 35.1 Å². The minimum atomic E-state index is -3.60. The van der Waals surface area contributed by atoms with Gasteiger partial charge < -0.3 is 10.2 Å². The van der Waals surface area contributed by atoms with Gasteiger partial charge in [-0.15, -0.1) is 0 Å². The lowest BCUT2D eigenvalue weighted by molar-refractivity contribution is -0.119. The zero-order valence-corrected chi connectivity index (χ0v) is 22.7. The van der Waals surface area contributed by atoms with E-state index in [1.54, 1.807) is 0 Å². The minimum Gasteiger partial charge on any atom is -0.372 e. The maximum atomic E-state index is 12.8. The zero-order valence-electron chi connectivity index (χ0n) is 21.9. The van der Waals surface area contributed by atoms with Crippen molar-refractivity contribution < 1.29 is 13.2 Å². The Bertz CT molecular complexity index is 1200. The van der Waals surface area contributed by atoms with Crippen molar-refractivity contribution in [3.8, 4) is 0 Å². The molecular formula is C30H39N3O3S. The maximum absolute atomic E-state index is 12.8. The summed E-state index contributed by atoms with van der Waals surface area (Å²) >= 11 is 0. The average Bonchev–Trinajstić information content (AvgIpc) is 3.40. The van der Waals surface area contributed by atoms with E-state index in [4.69, 9.17) is 0 Å². The predicted octanol–water partition coefficient (Wildman–Crippen LogP) is 4.84. The number of amides is 1. The number of hydrogen-bond donors (Lipinski definition) is 1. The van der Waals surface area contributed by atoms with Gasteiger partial charge in [0.15, 0.2) is 0 Å². The van der Waals surface area contributed by atoms with E-state index in [-0.39, 0.29) is 17.9 Å². The van der Waals surface area contributed by atoms with Crippen LogP contribution in [0.3, 0.4) is 0 Å². The number of anilines is 2. The molecule has 5 fully saturated rings. The Morgan fingerprint density at radius 2 is 1.49 bits per heavy atom. The Morgan fingerprint density at radius 1 is 0.919 bits per heavy atom. The highest BCUT2D eigenvalue weighted by Gasteiger charge is 2.51. The van der Waals surface area contributed by atoms with E-state index in [2.05, 4.69) is 34.5 Å². The number of nitrogens with zero attached hydrogens (tertiary/aromatic N) is 2. The monoisotopic (exact) mass is 521 g/mol. The molecule has 0 spiro atoms. The molecule has 0 unspecified atom stereocenters. The summed E-state index contributed by atoms with van der Waals surface area (Å²) in [5.41, 5.74) is 4.40. The van der Waals surface area contributed by atoms with Gasteiger partial charge in [-0.05, 0) is 110 Å². The van der Waals surface area contributed by atoms with E-state index in [0.29, 0.717) is 12.2 Å². The van der Waals surface area contributed by atoms with Crippen molar-refractivity contribution in [3.63, 3.8) is 0 Å². The Balaban J connectivity index is 1.10. The number of sulfonamides is 1. The average molecular weight is 522 g/mol. The summed E-state index contributed by atoms with van der Waals surface area (Å²) in [5, 5.41) is 2.90. The summed E-state index contributed by atoms with van der Waals surface area (Å²) < 4.78 is 26.5. The molecule has 37 heavy (non-hydrogen) atoms. The summed E-state index contributed by atoms with van der Waals surface area (Å²) in [6.45, 7) is 2.35. The second-order valence-electron chi connectivity index (χ2n) is 12.2. The first kappa shape index (κ1) is 24.8. The van der Waals surface area contributed by atoms with Crippen LogP contribution in [0, 0.1) is 17.8 Å². The quantitative estimate of drug-likeness (QED) is 0.540. The molecule has 1 amide bonds. The van der Waals surface area contributed by atoms with Gasteiger partial charge in [-0.3, -0.25) is 9.10 Å². The molecule has 0 aromatic heterocycles. The van der Waals surface area contributed by atoms with Crippen LogP contribution >= 0.6 is 0 Å². The highest BCUT2D eigenvalue weighted by Crippen LogP contribution is 2.60. The fraction of sp³-hybridized carbons (Fsp3) is 0.567. The normalized spacial score (nSPS) is 28.5. The zero-order chi connectivity index (χ0) is 25.6. The van der Waals surface area contributed by atoms with Crippen LogP contribution in [0.2, 0.25) is 0 Å². The summed E-state index contributed by atoms with van der Waals surface area (Å²) in [4.78, 5) is 15.2. The van der Waals surface area contributed by atoms with Gasteiger partial charge in [0.05, 0.1) is 11.9 Å². The number of benzene rings is 2. The summed E-state index contributed by atoms with van der Waals surface area (Å²) in [5.74, 6) is 2.27. The van der Waals surface area contributed by atoms with Gasteiger partial charge in [-0.1, -0.05) is 24.3 Å². The van der Waals surface area contributed by atoms with Gasteiger partial charge in [0, 0.05) is 25.3 Å². The van der Waals surface area contributed by atoms with Gasteiger partial charge >= 0.3 is 0 Å². The highest BCUT2D eigenvalue weighted by atomic mass is 32.2. The molecule has 0 radical (unpaired) electrons.